The van der Waals surface area contributed by atoms with Crippen LogP contribution in [0.1, 0.15) is 55.8 Å². The summed E-state index contributed by atoms with van der Waals surface area (Å²) in [7, 11) is -1.54. The van der Waals surface area contributed by atoms with Crippen LogP contribution >= 0.6 is 0 Å². The van der Waals surface area contributed by atoms with Gasteiger partial charge in [0, 0.05) is 6.08 Å². The van der Waals surface area contributed by atoms with Gasteiger partial charge in [-0.1, -0.05) is 30.8 Å². The molecule has 0 aromatic heterocycles. The Bertz CT molecular complexity index is 1730. The van der Waals surface area contributed by atoms with Crippen molar-refractivity contribution in [3.05, 3.63) is 125 Å². The number of hydrogen-bond donors (Lipinski definition) is 2. The number of benzene rings is 4. The molecule has 0 atom stereocenters. The summed E-state index contributed by atoms with van der Waals surface area (Å²) in [5.41, 5.74) is 3.84. The summed E-state index contributed by atoms with van der Waals surface area (Å²) in [5.74, 6) is 0.389. The SMILES string of the molecule is C=CC(=O)OCCCCOc1ccc(C(=O)Oc2c(C)cc(OC(=O)c3ccc(COc4ccc(B(O)O)cc4)cc3)c(C)c2C)cc1. The van der Waals surface area contributed by atoms with Gasteiger partial charge in [-0.05, 0) is 116 Å². The monoisotopic (exact) mass is 652 g/mol. The van der Waals surface area contributed by atoms with Crippen LogP contribution in [0.4, 0.5) is 0 Å². The molecule has 4 aromatic carbocycles. The Morgan fingerprint density at radius 3 is 1.92 bits per heavy atom. The maximum Gasteiger partial charge on any atom is 0.488 e. The van der Waals surface area contributed by atoms with E-state index in [1.807, 2.05) is 0 Å². The molecule has 0 heterocycles. The topological polar surface area (TPSA) is 138 Å². The van der Waals surface area contributed by atoms with Crippen LogP contribution < -0.4 is 24.4 Å². The van der Waals surface area contributed by atoms with Crippen LogP contribution in [0.5, 0.6) is 23.0 Å². The van der Waals surface area contributed by atoms with E-state index >= 15 is 0 Å². The maximum absolute atomic E-state index is 13.0. The van der Waals surface area contributed by atoms with Gasteiger partial charge in [0.05, 0.1) is 24.3 Å². The van der Waals surface area contributed by atoms with Crippen LogP contribution in [0.25, 0.3) is 0 Å². The zero-order chi connectivity index (χ0) is 34.6. The predicted molar refractivity (Wildman–Crippen MR) is 180 cm³/mol. The van der Waals surface area contributed by atoms with E-state index in [0.717, 1.165) is 11.6 Å². The second kappa shape index (κ2) is 17.0. The highest BCUT2D eigenvalue weighted by atomic mass is 16.5. The highest BCUT2D eigenvalue weighted by Crippen LogP contribution is 2.34. The molecule has 2 N–H and O–H groups in total. The highest BCUT2D eigenvalue weighted by molar-refractivity contribution is 6.58. The minimum absolute atomic E-state index is 0.254. The molecule has 0 spiro atoms. The first-order valence-electron chi connectivity index (χ1n) is 15.3. The van der Waals surface area contributed by atoms with Crippen LogP contribution in [-0.2, 0) is 16.1 Å². The standard InChI is InChI=1S/C37H37BO10/c1-5-34(39)45-21-7-6-20-44-31-16-12-29(13-17-31)37(41)48-35-24(2)22-33(25(3)26(35)4)47-36(40)28-10-8-27(9-11-28)23-46-32-18-14-30(15-19-32)38(42)43/h5,8-19,22,42-43H,1,6-7,20-21,23H2,2-4H3. The number of rotatable bonds is 15. The van der Waals surface area contributed by atoms with Crippen LogP contribution in [0, 0.1) is 20.8 Å². The number of aryl methyl sites for hydroxylation is 1. The predicted octanol–water partition coefficient (Wildman–Crippen LogP) is 5.20. The van der Waals surface area contributed by atoms with Crippen molar-refractivity contribution >= 4 is 30.5 Å². The second-order valence-electron chi connectivity index (χ2n) is 10.9. The third-order valence-electron chi connectivity index (χ3n) is 7.46. The normalized spacial score (nSPS) is 10.5. The largest absolute Gasteiger partial charge is 0.494 e. The van der Waals surface area contributed by atoms with Crippen molar-refractivity contribution in [1.29, 1.82) is 0 Å². The zero-order valence-corrected chi connectivity index (χ0v) is 27.1. The maximum atomic E-state index is 13.0. The van der Waals surface area contributed by atoms with Gasteiger partial charge in [-0.25, -0.2) is 14.4 Å². The lowest BCUT2D eigenvalue weighted by Gasteiger charge is -2.16. The fourth-order valence-corrected chi connectivity index (χ4v) is 4.55. The number of ether oxygens (including phenoxy) is 5. The summed E-state index contributed by atoms with van der Waals surface area (Å²) >= 11 is 0. The van der Waals surface area contributed by atoms with E-state index in [1.165, 1.54) is 0 Å². The minimum atomic E-state index is -1.54. The first kappa shape index (κ1) is 35.5. The molecule has 0 fully saturated rings. The Kier molecular flexibility index (Phi) is 12.5. The van der Waals surface area contributed by atoms with Crippen LogP contribution in [0.15, 0.2) is 91.5 Å². The third kappa shape index (κ3) is 9.81. The fraction of sp³-hybridized carbons (Fsp3) is 0.216. The molecule has 0 saturated carbocycles. The van der Waals surface area contributed by atoms with E-state index in [2.05, 4.69) is 6.58 Å². The summed E-state index contributed by atoms with van der Waals surface area (Å²) in [5, 5.41) is 18.4. The van der Waals surface area contributed by atoms with Gasteiger partial charge >= 0.3 is 25.0 Å². The van der Waals surface area contributed by atoms with Crippen LogP contribution in [-0.4, -0.2) is 48.3 Å². The molecule has 11 heteroatoms. The molecular weight excluding hydrogens is 615 g/mol. The van der Waals surface area contributed by atoms with Crippen molar-refractivity contribution in [2.75, 3.05) is 13.2 Å². The van der Waals surface area contributed by atoms with E-state index in [1.54, 1.807) is 99.6 Å². The number of esters is 3. The van der Waals surface area contributed by atoms with Crippen molar-refractivity contribution in [3.8, 4) is 23.0 Å². The molecule has 0 unspecified atom stereocenters. The Balaban J connectivity index is 1.30. The van der Waals surface area contributed by atoms with Crippen molar-refractivity contribution < 1.29 is 48.1 Å². The van der Waals surface area contributed by atoms with Gasteiger partial charge in [0.1, 0.15) is 29.6 Å². The minimum Gasteiger partial charge on any atom is -0.494 e. The molecule has 0 aliphatic rings. The Labute approximate surface area is 279 Å². The average molecular weight is 653 g/mol. The van der Waals surface area contributed by atoms with Gasteiger partial charge in [0.15, 0.2) is 0 Å². The Morgan fingerprint density at radius 2 is 1.29 bits per heavy atom. The van der Waals surface area contributed by atoms with Gasteiger partial charge in [0.25, 0.3) is 0 Å². The Morgan fingerprint density at radius 1 is 0.729 bits per heavy atom. The van der Waals surface area contributed by atoms with Crippen LogP contribution in [0.2, 0.25) is 0 Å². The van der Waals surface area contributed by atoms with Crippen LogP contribution in [0.3, 0.4) is 0 Å². The third-order valence-corrected chi connectivity index (χ3v) is 7.46. The van der Waals surface area contributed by atoms with E-state index in [-0.39, 0.29) is 6.61 Å². The van der Waals surface area contributed by atoms with E-state index < -0.39 is 25.0 Å². The zero-order valence-electron chi connectivity index (χ0n) is 27.1. The summed E-state index contributed by atoms with van der Waals surface area (Å²) < 4.78 is 27.8. The molecule has 0 saturated heterocycles. The van der Waals surface area contributed by atoms with Gasteiger partial charge in [-0.3, -0.25) is 0 Å². The molecule has 0 aliphatic heterocycles. The van der Waals surface area contributed by atoms with Gasteiger partial charge < -0.3 is 33.7 Å². The summed E-state index contributed by atoms with van der Waals surface area (Å²) in [6.45, 7) is 9.69. The molecule has 4 rings (SSSR count). The quantitative estimate of drug-likeness (QED) is 0.0580. The number of hydrogen-bond acceptors (Lipinski definition) is 10. The first-order valence-corrected chi connectivity index (χ1v) is 15.3. The summed E-state index contributed by atoms with van der Waals surface area (Å²) in [6, 6.07) is 21.5. The van der Waals surface area contributed by atoms with E-state index in [9.17, 15) is 24.4 Å². The lowest BCUT2D eigenvalue weighted by Crippen LogP contribution is -2.29. The molecule has 0 bridgehead atoms. The van der Waals surface area contributed by atoms with Crippen molar-refractivity contribution in [2.24, 2.45) is 0 Å². The molecule has 0 amide bonds. The summed E-state index contributed by atoms with van der Waals surface area (Å²) in [4.78, 5) is 37.0. The molecule has 248 valence electrons. The number of carbonyl (C=O) groups is 3. The smallest absolute Gasteiger partial charge is 0.488 e. The summed E-state index contributed by atoms with van der Waals surface area (Å²) in [6.07, 6.45) is 2.47. The van der Waals surface area contributed by atoms with Gasteiger partial charge in [-0.15, -0.1) is 0 Å². The lowest BCUT2D eigenvalue weighted by atomic mass is 9.80. The molecule has 48 heavy (non-hydrogen) atoms. The van der Waals surface area contributed by atoms with Crippen molar-refractivity contribution in [3.63, 3.8) is 0 Å². The van der Waals surface area contributed by atoms with E-state index in [4.69, 9.17) is 23.7 Å². The molecule has 0 radical (unpaired) electrons. The lowest BCUT2D eigenvalue weighted by molar-refractivity contribution is -0.137. The number of unbranched alkanes of at least 4 members (excludes halogenated alkanes) is 1. The van der Waals surface area contributed by atoms with Crippen molar-refractivity contribution in [1.82, 2.24) is 0 Å². The molecular formula is C37H37BO10. The number of carbonyl (C=O) groups excluding carboxylic acids is 3. The molecule has 4 aromatic rings. The van der Waals surface area contributed by atoms with E-state index in [0.29, 0.717) is 82.3 Å². The van der Waals surface area contributed by atoms with Gasteiger partial charge in [-0.2, -0.15) is 0 Å². The fourth-order valence-electron chi connectivity index (χ4n) is 4.55. The van der Waals surface area contributed by atoms with Gasteiger partial charge in [0.2, 0.25) is 0 Å². The first-order chi connectivity index (χ1) is 23.0. The molecule has 0 aliphatic carbocycles. The Hall–Kier alpha value is -5.39. The highest BCUT2D eigenvalue weighted by Gasteiger charge is 2.19. The van der Waals surface area contributed by atoms with Crippen molar-refractivity contribution in [2.45, 2.75) is 40.2 Å². The second-order valence-corrected chi connectivity index (χ2v) is 10.9. The molecule has 10 nitrogen and oxygen atoms in total. The average Bonchev–Trinajstić information content (AvgIpc) is 3.09.